The van der Waals surface area contributed by atoms with Crippen molar-refractivity contribution in [2.75, 3.05) is 12.0 Å². The van der Waals surface area contributed by atoms with E-state index in [-0.39, 0.29) is 23.0 Å². The highest BCUT2D eigenvalue weighted by molar-refractivity contribution is 7.84. The zero-order valence-corrected chi connectivity index (χ0v) is 13.3. The van der Waals surface area contributed by atoms with Crippen molar-refractivity contribution in [3.8, 4) is 11.1 Å². The number of aromatic nitrogens is 2. The molecule has 2 rings (SSSR count). The molecule has 0 bridgehead atoms. The van der Waals surface area contributed by atoms with E-state index in [1.807, 2.05) is 19.1 Å². The van der Waals surface area contributed by atoms with Crippen LogP contribution in [-0.2, 0) is 17.3 Å². The average molecular weight is 327 g/mol. The summed E-state index contributed by atoms with van der Waals surface area (Å²) in [5.41, 5.74) is 0.761. The van der Waals surface area contributed by atoms with E-state index >= 15 is 0 Å². The molecule has 2 aromatic rings. The minimum absolute atomic E-state index is 0.0215. The molecule has 21 heavy (non-hydrogen) atoms. The number of aryl methyl sites for hydroxylation is 1. The Labute approximate surface area is 129 Å². The number of H-pyrrole nitrogens is 1. The molecular weight excluding hydrogens is 312 g/mol. The Morgan fingerprint density at radius 2 is 1.95 bits per heavy atom. The van der Waals surface area contributed by atoms with Crippen LogP contribution in [0, 0.1) is 6.92 Å². The van der Waals surface area contributed by atoms with Crippen molar-refractivity contribution in [3.63, 3.8) is 0 Å². The summed E-state index contributed by atoms with van der Waals surface area (Å²) in [6.07, 6.45) is 1.53. The van der Waals surface area contributed by atoms with Gasteiger partial charge in [0.15, 0.2) is 0 Å². The van der Waals surface area contributed by atoms with E-state index in [1.165, 1.54) is 6.26 Å². The molecule has 0 aliphatic carbocycles. The predicted molar refractivity (Wildman–Crippen MR) is 85.4 cm³/mol. The fraction of sp³-hybridized carbons (Fsp3) is 0.286. The molecule has 0 amide bonds. The summed E-state index contributed by atoms with van der Waals surface area (Å²) in [5, 5.41) is 0.0215. The van der Waals surface area contributed by atoms with Gasteiger partial charge < -0.3 is 0 Å². The van der Waals surface area contributed by atoms with Crippen LogP contribution >= 0.6 is 11.6 Å². The van der Waals surface area contributed by atoms with Gasteiger partial charge >= 0.3 is 5.69 Å². The van der Waals surface area contributed by atoms with Gasteiger partial charge in [-0.1, -0.05) is 35.9 Å². The summed E-state index contributed by atoms with van der Waals surface area (Å²) in [7, 11) is -1.09. The highest BCUT2D eigenvalue weighted by atomic mass is 35.5. The fourth-order valence-electron chi connectivity index (χ4n) is 2.05. The smallest absolute Gasteiger partial charge is 0.297 e. The summed E-state index contributed by atoms with van der Waals surface area (Å²) >= 11 is 6.05. The summed E-state index contributed by atoms with van der Waals surface area (Å²) in [6.45, 7) is 1.95. The number of nitrogens with zero attached hydrogens (tertiary/aromatic N) is 1. The number of aromatic amines is 1. The molecular formula is C14H15ClN2O3S. The largest absolute Gasteiger partial charge is 0.329 e. The number of nitrogens with one attached hydrogen (secondary N) is 1. The van der Waals surface area contributed by atoms with Crippen LogP contribution in [0.5, 0.6) is 0 Å². The van der Waals surface area contributed by atoms with Crippen molar-refractivity contribution in [1.82, 2.24) is 9.55 Å². The number of hydrogen-bond acceptors (Lipinski definition) is 3. The molecule has 0 aliphatic rings. The van der Waals surface area contributed by atoms with Gasteiger partial charge in [0.2, 0.25) is 0 Å². The maximum atomic E-state index is 12.5. The molecule has 0 fully saturated rings. The third-order valence-corrected chi connectivity index (χ3v) is 4.20. The molecule has 1 aromatic carbocycles. The Balaban J connectivity index is 2.65. The van der Waals surface area contributed by atoms with E-state index in [0.29, 0.717) is 5.56 Å². The molecule has 0 saturated heterocycles. The lowest BCUT2D eigenvalue weighted by Crippen LogP contribution is -2.37. The monoisotopic (exact) mass is 326 g/mol. The second-order valence-electron chi connectivity index (χ2n) is 4.67. The van der Waals surface area contributed by atoms with Crippen LogP contribution in [0.1, 0.15) is 5.56 Å². The second kappa shape index (κ2) is 6.41. The first-order chi connectivity index (χ1) is 9.91. The lowest BCUT2D eigenvalue weighted by molar-refractivity contribution is 0.656. The molecule has 0 aliphatic heterocycles. The van der Waals surface area contributed by atoms with Crippen molar-refractivity contribution in [3.05, 3.63) is 55.8 Å². The van der Waals surface area contributed by atoms with Crippen LogP contribution < -0.4 is 11.2 Å². The van der Waals surface area contributed by atoms with Gasteiger partial charge in [0, 0.05) is 29.4 Å². The van der Waals surface area contributed by atoms with Gasteiger partial charge in [0.25, 0.3) is 5.56 Å². The molecule has 1 aromatic heterocycles. The average Bonchev–Trinajstić information content (AvgIpc) is 2.40. The summed E-state index contributed by atoms with van der Waals surface area (Å²) in [5.74, 6) is 0.234. The van der Waals surface area contributed by atoms with E-state index in [0.717, 1.165) is 10.1 Å². The van der Waals surface area contributed by atoms with Crippen LogP contribution in [0.15, 0.2) is 33.9 Å². The lowest BCUT2D eigenvalue weighted by atomic mass is 10.0. The molecule has 1 unspecified atom stereocenters. The van der Waals surface area contributed by atoms with Crippen molar-refractivity contribution < 1.29 is 4.21 Å². The van der Waals surface area contributed by atoms with Crippen molar-refractivity contribution in [2.24, 2.45) is 0 Å². The highest BCUT2D eigenvalue weighted by Gasteiger charge is 2.16. The van der Waals surface area contributed by atoms with Gasteiger partial charge in [0.1, 0.15) is 5.15 Å². The van der Waals surface area contributed by atoms with Gasteiger partial charge in [-0.05, 0) is 18.1 Å². The maximum absolute atomic E-state index is 12.5. The minimum Gasteiger partial charge on any atom is -0.297 e. The summed E-state index contributed by atoms with van der Waals surface area (Å²) < 4.78 is 12.2. The summed E-state index contributed by atoms with van der Waals surface area (Å²) in [6, 6.07) is 7.30. The van der Waals surface area contributed by atoms with Crippen molar-refractivity contribution in [1.29, 1.82) is 0 Å². The van der Waals surface area contributed by atoms with Crippen LogP contribution in [0.4, 0.5) is 0 Å². The molecule has 0 spiro atoms. The van der Waals surface area contributed by atoms with Crippen LogP contribution in [0.25, 0.3) is 11.1 Å². The normalized spacial score (nSPS) is 12.3. The van der Waals surface area contributed by atoms with Gasteiger partial charge in [-0.25, -0.2) is 4.79 Å². The van der Waals surface area contributed by atoms with Gasteiger partial charge in [-0.2, -0.15) is 0 Å². The first-order valence-corrected chi connectivity index (χ1v) is 8.41. The number of hydrogen-bond donors (Lipinski definition) is 1. The summed E-state index contributed by atoms with van der Waals surface area (Å²) in [4.78, 5) is 26.9. The zero-order chi connectivity index (χ0) is 15.6. The molecule has 5 nitrogen and oxygen atoms in total. The quantitative estimate of drug-likeness (QED) is 0.866. The van der Waals surface area contributed by atoms with Crippen LogP contribution in [0.2, 0.25) is 5.15 Å². The Kier molecular flexibility index (Phi) is 4.80. The van der Waals surface area contributed by atoms with E-state index in [4.69, 9.17) is 11.6 Å². The molecule has 0 saturated carbocycles. The highest BCUT2D eigenvalue weighted by Crippen LogP contribution is 2.24. The third-order valence-electron chi connectivity index (χ3n) is 3.16. The van der Waals surface area contributed by atoms with Gasteiger partial charge in [0.05, 0.1) is 5.56 Å². The van der Waals surface area contributed by atoms with Crippen LogP contribution in [0.3, 0.4) is 0 Å². The standard InChI is InChI=1S/C14H15ClN2O3S/c1-9-5-3-4-6-10(9)11-12(15)16-14(19)17(13(11)18)7-8-21(2)20/h3-6H,7-8H2,1-2H3,(H,16,19). The minimum atomic E-state index is -1.09. The molecule has 0 radical (unpaired) electrons. The molecule has 1 N–H and O–H groups in total. The number of benzene rings is 1. The Morgan fingerprint density at radius 1 is 1.29 bits per heavy atom. The Hall–Kier alpha value is -1.66. The SMILES string of the molecule is Cc1ccccc1-c1c(Cl)[nH]c(=O)n(CCS(C)=O)c1=O. The predicted octanol–water partition coefficient (Wildman–Crippen LogP) is 1.54. The second-order valence-corrected chi connectivity index (χ2v) is 6.60. The van der Waals surface area contributed by atoms with E-state index < -0.39 is 22.0 Å². The Morgan fingerprint density at radius 3 is 2.57 bits per heavy atom. The molecule has 112 valence electrons. The Bertz CT molecular complexity index is 811. The number of halogens is 1. The maximum Gasteiger partial charge on any atom is 0.329 e. The van der Waals surface area contributed by atoms with Crippen LogP contribution in [-0.4, -0.2) is 25.8 Å². The first-order valence-electron chi connectivity index (χ1n) is 6.30. The van der Waals surface area contributed by atoms with E-state index in [2.05, 4.69) is 4.98 Å². The molecule has 7 heteroatoms. The van der Waals surface area contributed by atoms with E-state index in [1.54, 1.807) is 12.1 Å². The lowest BCUT2D eigenvalue weighted by Gasteiger charge is -2.10. The fourth-order valence-corrected chi connectivity index (χ4v) is 2.76. The van der Waals surface area contributed by atoms with Crippen molar-refractivity contribution >= 4 is 22.4 Å². The molecule has 1 heterocycles. The van der Waals surface area contributed by atoms with Gasteiger partial charge in [-0.3, -0.25) is 18.6 Å². The topological polar surface area (TPSA) is 71.9 Å². The number of rotatable bonds is 4. The van der Waals surface area contributed by atoms with Crippen molar-refractivity contribution in [2.45, 2.75) is 13.5 Å². The van der Waals surface area contributed by atoms with Gasteiger partial charge in [-0.15, -0.1) is 0 Å². The third kappa shape index (κ3) is 3.33. The first kappa shape index (κ1) is 15.7. The zero-order valence-electron chi connectivity index (χ0n) is 11.7. The van der Waals surface area contributed by atoms with E-state index in [9.17, 15) is 13.8 Å². The molecule has 1 atom stereocenters.